The molecule has 1 fully saturated rings. The lowest BCUT2D eigenvalue weighted by Gasteiger charge is -2.32. The van der Waals surface area contributed by atoms with Crippen LogP contribution in [0.4, 0.5) is 0 Å². The van der Waals surface area contributed by atoms with E-state index in [0.29, 0.717) is 6.04 Å². The van der Waals surface area contributed by atoms with Gasteiger partial charge in [0, 0.05) is 44.1 Å². The molecular formula is C26H36N2O2. The molecule has 1 aliphatic heterocycles. The van der Waals surface area contributed by atoms with Crippen LogP contribution in [0.15, 0.2) is 42.5 Å². The van der Waals surface area contributed by atoms with Crippen molar-refractivity contribution in [1.29, 1.82) is 0 Å². The molecular weight excluding hydrogens is 372 g/mol. The molecule has 0 aromatic heterocycles. The highest BCUT2D eigenvalue weighted by Crippen LogP contribution is 2.24. The molecule has 30 heavy (non-hydrogen) atoms. The molecule has 1 saturated heterocycles. The fourth-order valence-corrected chi connectivity index (χ4v) is 4.02. The molecule has 0 bridgehead atoms. The summed E-state index contributed by atoms with van der Waals surface area (Å²) in [6.45, 7) is 14.2. The summed E-state index contributed by atoms with van der Waals surface area (Å²) in [4.78, 5) is 17.3. The molecule has 4 nitrogen and oxygen atoms in total. The molecule has 0 aliphatic carbocycles. The lowest BCUT2D eigenvalue weighted by molar-refractivity contribution is 0.0594. The maximum absolute atomic E-state index is 12.9. The van der Waals surface area contributed by atoms with Gasteiger partial charge in [-0.15, -0.1) is 0 Å². The van der Waals surface area contributed by atoms with Gasteiger partial charge in [-0.05, 0) is 69.1 Å². The lowest BCUT2D eigenvalue weighted by Crippen LogP contribution is -2.41. The third-order valence-electron chi connectivity index (χ3n) is 6.09. The molecule has 0 saturated carbocycles. The molecule has 3 rings (SSSR count). The van der Waals surface area contributed by atoms with Crippen molar-refractivity contribution in [3.05, 3.63) is 64.7 Å². The first kappa shape index (κ1) is 22.4. The Kier molecular flexibility index (Phi) is 7.54. The Morgan fingerprint density at radius 3 is 2.37 bits per heavy atom. The fraction of sp³-hybridized carbons (Fsp3) is 0.500. The Morgan fingerprint density at radius 1 is 1.10 bits per heavy atom. The second-order valence-electron chi connectivity index (χ2n) is 8.73. The van der Waals surface area contributed by atoms with Crippen molar-refractivity contribution in [2.45, 2.75) is 66.2 Å². The predicted octanol–water partition coefficient (Wildman–Crippen LogP) is 5.22. The van der Waals surface area contributed by atoms with Crippen molar-refractivity contribution >= 4 is 5.91 Å². The van der Waals surface area contributed by atoms with Crippen LogP contribution in [-0.2, 0) is 6.54 Å². The van der Waals surface area contributed by atoms with Crippen LogP contribution in [0.2, 0.25) is 0 Å². The van der Waals surface area contributed by atoms with E-state index in [1.165, 1.54) is 16.7 Å². The van der Waals surface area contributed by atoms with E-state index < -0.39 is 0 Å². The summed E-state index contributed by atoms with van der Waals surface area (Å²) in [6, 6.07) is 15.0. The number of benzene rings is 2. The number of carbonyl (C=O) groups excluding carboxylic acids is 1. The second kappa shape index (κ2) is 10.1. The van der Waals surface area contributed by atoms with Crippen molar-refractivity contribution in [2.24, 2.45) is 0 Å². The average molecular weight is 409 g/mol. The van der Waals surface area contributed by atoms with Crippen LogP contribution in [0.1, 0.15) is 60.7 Å². The van der Waals surface area contributed by atoms with Crippen molar-refractivity contribution in [1.82, 2.24) is 9.80 Å². The van der Waals surface area contributed by atoms with E-state index in [1.54, 1.807) is 0 Å². The molecule has 2 aromatic rings. The maximum Gasteiger partial charge on any atom is 0.253 e. The quantitative estimate of drug-likeness (QED) is 0.630. The van der Waals surface area contributed by atoms with E-state index in [-0.39, 0.29) is 12.0 Å². The summed E-state index contributed by atoms with van der Waals surface area (Å²) in [5.41, 5.74) is 4.41. The van der Waals surface area contributed by atoms with E-state index in [0.717, 1.165) is 50.3 Å². The van der Waals surface area contributed by atoms with Gasteiger partial charge in [-0.25, -0.2) is 0 Å². The highest BCUT2D eigenvalue weighted by molar-refractivity contribution is 5.94. The zero-order valence-corrected chi connectivity index (χ0v) is 19.1. The molecule has 1 amide bonds. The first-order chi connectivity index (χ1) is 14.4. The van der Waals surface area contributed by atoms with Gasteiger partial charge in [0.2, 0.25) is 0 Å². The lowest BCUT2D eigenvalue weighted by atomic mass is 10.0. The molecule has 0 unspecified atom stereocenters. The summed E-state index contributed by atoms with van der Waals surface area (Å²) >= 11 is 0. The van der Waals surface area contributed by atoms with Crippen LogP contribution in [0.5, 0.6) is 5.75 Å². The summed E-state index contributed by atoms with van der Waals surface area (Å²) < 4.78 is 6.24. The number of likely N-dealkylation sites (tertiary alicyclic amines) is 1. The number of amides is 1. The molecule has 0 radical (unpaired) electrons. The molecule has 1 aliphatic rings. The number of nitrogens with zero attached hydrogens (tertiary/aromatic N) is 2. The normalized spacial score (nSPS) is 15.1. The zero-order valence-electron chi connectivity index (χ0n) is 19.1. The van der Waals surface area contributed by atoms with E-state index in [2.05, 4.69) is 69.9 Å². The van der Waals surface area contributed by atoms with E-state index in [4.69, 9.17) is 4.74 Å². The molecule has 1 heterocycles. The van der Waals surface area contributed by atoms with Crippen molar-refractivity contribution < 1.29 is 9.53 Å². The minimum absolute atomic E-state index is 0.128. The van der Waals surface area contributed by atoms with Gasteiger partial charge in [-0.3, -0.25) is 9.69 Å². The molecule has 2 aromatic carbocycles. The molecule has 162 valence electrons. The number of ether oxygens (including phenoxy) is 1. The Bertz CT molecular complexity index is 837. The van der Waals surface area contributed by atoms with E-state index in [9.17, 15) is 4.79 Å². The second-order valence-corrected chi connectivity index (χ2v) is 8.73. The Hall–Kier alpha value is -2.33. The van der Waals surface area contributed by atoms with Gasteiger partial charge in [-0.2, -0.15) is 0 Å². The molecule has 0 atom stereocenters. The minimum Gasteiger partial charge on any atom is -0.490 e. The number of carbonyl (C=O) groups is 1. The summed E-state index contributed by atoms with van der Waals surface area (Å²) in [6.07, 6.45) is 1.92. The highest BCUT2D eigenvalue weighted by atomic mass is 16.5. The van der Waals surface area contributed by atoms with Crippen LogP contribution in [0.25, 0.3) is 0 Å². The van der Waals surface area contributed by atoms with E-state index >= 15 is 0 Å². The number of aryl methyl sites for hydroxylation is 2. The maximum atomic E-state index is 12.9. The van der Waals surface area contributed by atoms with Crippen molar-refractivity contribution in [3.8, 4) is 5.75 Å². The average Bonchev–Trinajstić information content (AvgIpc) is 2.75. The fourth-order valence-electron chi connectivity index (χ4n) is 4.02. The number of rotatable bonds is 7. The van der Waals surface area contributed by atoms with Gasteiger partial charge in [-0.1, -0.05) is 31.2 Å². The van der Waals surface area contributed by atoms with Gasteiger partial charge in [0.05, 0.1) is 0 Å². The Labute approximate surface area is 181 Å². The SMILES string of the molecule is CCN(Cc1ccc(C(=O)N2CCC(Oc3cc(C)ccc3C)CC2)cc1)C(C)C. The third-order valence-corrected chi connectivity index (χ3v) is 6.09. The summed E-state index contributed by atoms with van der Waals surface area (Å²) in [5, 5.41) is 0. The van der Waals surface area contributed by atoms with Gasteiger partial charge in [0.15, 0.2) is 0 Å². The third kappa shape index (κ3) is 5.63. The van der Waals surface area contributed by atoms with Crippen LogP contribution in [-0.4, -0.2) is 47.5 Å². The van der Waals surface area contributed by atoms with E-state index in [1.807, 2.05) is 17.0 Å². The topological polar surface area (TPSA) is 32.8 Å². The first-order valence-electron chi connectivity index (χ1n) is 11.2. The van der Waals surface area contributed by atoms with Gasteiger partial charge >= 0.3 is 0 Å². The predicted molar refractivity (Wildman–Crippen MR) is 123 cm³/mol. The molecule has 4 heteroatoms. The summed E-state index contributed by atoms with van der Waals surface area (Å²) in [5.74, 6) is 1.10. The van der Waals surface area contributed by atoms with Crippen LogP contribution < -0.4 is 4.74 Å². The van der Waals surface area contributed by atoms with Crippen LogP contribution in [0, 0.1) is 13.8 Å². The highest BCUT2D eigenvalue weighted by Gasteiger charge is 2.25. The van der Waals surface area contributed by atoms with Gasteiger partial charge in [0.25, 0.3) is 5.91 Å². The number of hydrogen-bond acceptors (Lipinski definition) is 3. The standard InChI is InChI=1S/C26H36N2O2/c1-6-27(19(2)3)18-22-9-11-23(12-10-22)26(29)28-15-13-24(14-16-28)30-25-17-20(4)7-8-21(25)5/h7-12,17,19,24H,6,13-16,18H2,1-5H3. The van der Waals surface area contributed by atoms with Crippen LogP contribution >= 0.6 is 0 Å². The van der Waals surface area contributed by atoms with Gasteiger partial charge in [0.1, 0.15) is 11.9 Å². The monoisotopic (exact) mass is 408 g/mol. The van der Waals surface area contributed by atoms with Gasteiger partial charge < -0.3 is 9.64 Å². The number of hydrogen-bond donors (Lipinski definition) is 0. The van der Waals surface area contributed by atoms with Crippen molar-refractivity contribution in [2.75, 3.05) is 19.6 Å². The zero-order chi connectivity index (χ0) is 21.7. The Morgan fingerprint density at radius 2 is 1.77 bits per heavy atom. The Balaban J connectivity index is 1.54. The molecule has 0 N–H and O–H groups in total. The summed E-state index contributed by atoms with van der Waals surface area (Å²) in [7, 11) is 0. The number of piperidine rings is 1. The largest absolute Gasteiger partial charge is 0.490 e. The smallest absolute Gasteiger partial charge is 0.253 e. The molecule has 0 spiro atoms. The van der Waals surface area contributed by atoms with Crippen LogP contribution in [0.3, 0.4) is 0 Å². The first-order valence-corrected chi connectivity index (χ1v) is 11.2. The minimum atomic E-state index is 0.128. The van der Waals surface area contributed by atoms with Crippen molar-refractivity contribution in [3.63, 3.8) is 0 Å².